The van der Waals surface area contributed by atoms with Crippen molar-refractivity contribution in [1.29, 1.82) is 0 Å². The second kappa shape index (κ2) is 6.59. The van der Waals surface area contributed by atoms with E-state index in [-0.39, 0.29) is 11.9 Å². The van der Waals surface area contributed by atoms with E-state index < -0.39 is 0 Å². The Bertz CT molecular complexity index is 458. The second-order valence-corrected chi connectivity index (χ2v) is 3.62. The van der Waals surface area contributed by atoms with E-state index in [2.05, 4.69) is 18.2 Å². The highest BCUT2D eigenvalue weighted by molar-refractivity contribution is 6.10. The molecule has 1 atom stereocenters. The van der Waals surface area contributed by atoms with Crippen molar-refractivity contribution in [2.24, 2.45) is 4.99 Å². The van der Waals surface area contributed by atoms with Crippen molar-refractivity contribution in [3.05, 3.63) is 67.0 Å². The Morgan fingerprint density at radius 3 is 2.76 bits per heavy atom. The van der Waals surface area contributed by atoms with E-state index in [9.17, 15) is 4.39 Å². The molecule has 0 bridgehead atoms. The first kappa shape index (κ1) is 13.1. The fraction of sp³-hybridized carbons (Fsp3) is 0.133. The summed E-state index contributed by atoms with van der Waals surface area (Å²) >= 11 is 0. The summed E-state index contributed by atoms with van der Waals surface area (Å²) < 4.78 is 13.1. The van der Waals surface area contributed by atoms with Crippen molar-refractivity contribution >= 4 is 11.8 Å². The Morgan fingerprint density at radius 1 is 1.41 bits per heavy atom. The first-order valence-electron chi connectivity index (χ1n) is 5.41. The van der Waals surface area contributed by atoms with E-state index in [4.69, 9.17) is 0 Å². The molecule has 0 spiro atoms. The predicted molar refractivity (Wildman–Crippen MR) is 72.7 cm³/mol. The monoisotopic (exact) mass is 229 g/mol. The third kappa shape index (κ3) is 4.19. The van der Waals surface area contributed by atoms with Gasteiger partial charge in [0.05, 0.1) is 6.04 Å². The molecular weight excluding hydrogens is 213 g/mol. The molecule has 17 heavy (non-hydrogen) atoms. The van der Waals surface area contributed by atoms with Crippen LogP contribution in [0.15, 0.2) is 60.6 Å². The molecule has 0 radical (unpaired) electrons. The van der Waals surface area contributed by atoms with Gasteiger partial charge in [-0.05, 0) is 30.2 Å². The molecule has 0 saturated carbocycles. The fourth-order valence-corrected chi connectivity index (χ4v) is 1.27. The number of benzene rings is 1. The zero-order chi connectivity index (χ0) is 12.7. The van der Waals surface area contributed by atoms with Crippen LogP contribution in [0.3, 0.4) is 0 Å². The Morgan fingerprint density at radius 2 is 2.18 bits per heavy atom. The SMILES string of the molecule is C=C/C=C(\C=NC(C)C=C)c1cccc(F)c1. The molecule has 1 aromatic rings. The van der Waals surface area contributed by atoms with E-state index in [1.165, 1.54) is 12.1 Å². The van der Waals surface area contributed by atoms with E-state index in [1.807, 2.05) is 13.0 Å². The first-order chi connectivity index (χ1) is 8.17. The van der Waals surface area contributed by atoms with Crippen LogP contribution in [0.25, 0.3) is 5.57 Å². The summed E-state index contributed by atoms with van der Waals surface area (Å²) in [7, 11) is 0. The smallest absolute Gasteiger partial charge is 0.123 e. The highest BCUT2D eigenvalue weighted by atomic mass is 19.1. The van der Waals surface area contributed by atoms with Crippen molar-refractivity contribution in [3.63, 3.8) is 0 Å². The molecule has 0 aliphatic rings. The van der Waals surface area contributed by atoms with E-state index in [1.54, 1.807) is 30.5 Å². The van der Waals surface area contributed by atoms with Gasteiger partial charge in [0.15, 0.2) is 0 Å². The maximum Gasteiger partial charge on any atom is 0.123 e. The average Bonchev–Trinajstić information content (AvgIpc) is 2.34. The van der Waals surface area contributed by atoms with E-state index >= 15 is 0 Å². The van der Waals surface area contributed by atoms with Crippen molar-refractivity contribution in [2.75, 3.05) is 0 Å². The molecule has 1 unspecified atom stereocenters. The number of aliphatic imine (C=N–C) groups is 1. The van der Waals surface area contributed by atoms with Gasteiger partial charge in [-0.25, -0.2) is 4.39 Å². The third-order valence-electron chi connectivity index (χ3n) is 2.25. The summed E-state index contributed by atoms with van der Waals surface area (Å²) in [4.78, 5) is 4.29. The largest absolute Gasteiger partial charge is 0.285 e. The van der Waals surface area contributed by atoms with Gasteiger partial charge in [0.25, 0.3) is 0 Å². The molecular formula is C15H16FN. The van der Waals surface area contributed by atoms with Crippen LogP contribution >= 0.6 is 0 Å². The van der Waals surface area contributed by atoms with Crippen LogP contribution in [-0.4, -0.2) is 12.3 Å². The molecule has 0 amide bonds. The molecule has 0 aliphatic heterocycles. The summed E-state index contributed by atoms with van der Waals surface area (Å²) in [6.45, 7) is 9.23. The summed E-state index contributed by atoms with van der Waals surface area (Å²) in [6, 6.07) is 6.44. The highest BCUT2D eigenvalue weighted by Crippen LogP contribution is 2.14. The number of rotatable bonds is 5. The fourth-order valence-electron chi connectivity index (χ4n) is 1.27. The van der Waals surface area contributed by atoms with Gasteiger partial charge in [-0.15, -0.1) is 6.58 Å². The van der Waals surface area contributed by atoms with Gasteiger partial charge in [-0.1, -0.05) is 36.9 Å². The van der Waals surface area contributed by atoms with Crippen LogP contribution in [0, 0.1) is 5.82 Å². The van der Waals surface area contributed by atoms with Crippen LogP contribution in [0.4, 0.5) is 4.39 Å². The van der Waals surface area contributed by atoms with Gasteiger partial charge in [0.1, 0.15) is 5.82 Å². The van der Waals surface area contributed by atoms with Crippen LogP contribution in [0.1, 0.15) is 12.5 Å². The lowest BCUT2D eigenvalue weighted by Gasteiger charge is -2.03. The number of hydrogen-bond donors (Lipinski definition) is 0. The van der Waals surface area contributed by atoms with Crippen molar-refractivity contribution in [2.45, 2.75) is 13.0 Å². The Labute approximate surface area is 102 Å². The third-order valence-corrected chi connectivity index (χ3v) is 2.25. The standard InChI is InChI=1S/C15H16FN/c1-4-7-14(11-17-12(3)5-2)13-8-6-9-15(16)10-13/h4-12H,1-2H2,3H3/b14-7+,17-11?. The molecule has 0 heterocycles. The molecule has 0 saturated heterocycles. The lowest BCUT2D eigenvalue weighted by molar-refractivity contribution is 0.627. The zero-order valence-electron chi connectivity index (χ0n) is 9.94. The Kier molecular flexibility index (Phi) is 5.08. The summed E-state index contributed by atoms with van der Waals surface area (Å²) in [5.74, 6) is -0.261. The van der Waals surface area contributed by atoms with Gasteiger partial charge in [-0.3, -0.25) is 4.99 Å². The van der Waals surface area contributed by atoms with Crippen LogP contribution < -0.4 is 0 Å². The molecule has 2 heteroatoms. The van der Waals surface area contributed by atoms with Gasteiger partial charge in [0, 0.05) is 6.21 Å². The molecule has 88 valence electrons. The quantitative estimate of drug-likeness (QED) is 0.410. The summed E-state index contributed by atoms with van der Waals surface area (Å²) in [6.07, 6.45) is 6.91. The maximum atomic E-state index is 13.1. The number of hydrogen-bond acceptors (Lipinski definition) is 1. The van der Waals surface area contributed by atoms with Gasteiger partial charge in [0.2, 0.25) is 0 Å². The van der Waals surface area contributed by atoms with Gasteiger partial charge >= 0.3 is 0 Å². The van der Waals surface area contributed by atoms with Gasteiger partial charge < -0.3 is 0 Å². The molecule has 1 aromatic carbocycles. The lowest BCUT2D eigenvalue weighted by Crippen LogP contribution is -1.94. The van der Waals surface area contributed by atoms with Gasteiger partial charge in [-0.2, -0.15) is 0 Å². The van der Waals surface area contributed by atoms with Crippen molar-refractivity contribution < 1.29 is 4.39 Å². The minimum Gasteiger partial charge on any atom is -0.285 e. The van der Waals surface area contributed by atoms with Crippen molar-refractivity contribution in [1.82, 2.24) is 0 Å². The van der Waals surface area contributed by atoms with Crippen LogP contribution in [0.2, 0.25) is 0 Å². The molecule has 0 aliphatic carbocycles. The summed E-state index contributed by atoms with van der Waals surface area (Å²) in [5, 5.41) is 0. The molecule has 1 nitrogen and oxygen atoms in total. The summed E-state index contributed by atoms with van der Waals surface area (Å²) in [5.41, 5.74) is 1.61. The Hall–Kier alpha value is -1.96. The average molecular weight is 229 g/mol. The maximum absolute atomic E-state index is 13.1. The molecule has 0 N–H and O–H groups in total. The molecule has 0 fully saturated rings. The predicted octanol–water partition coefficient (Wildman–Crippen LogP) is 4.04. The van der Waals surface area contributed by atoms with E-state index in [0.29, 0.717) is 0 Å². The molecule has 0 aromatic heterocycles. The lowest BCUT2D eigenvalue weighted by atomic mass is 10.1. The zero-order valence-corrected chi connectivity index (χ0v) is 9.94. The second-order valence-electron chi connectivity index (χ2n) is 3.62. The topological polar surface area (TPSA) is 12.4 Å². The highest BCUT2D eigenvalue weighted by Gasteiger charge is 2.00. The Balaban J connectivity index is 3.02. The van der Waals surface area contributed by atoms with E-state index in [0.717, 1.165) is 11.1 Å². The normalized spacial score (nSPS) is 13.6. The minimum atomic E-state index is -0.261. The number of nitrogens with zero attached hydrogens (tertiary/aromatic N) is 1. The van der Waals surface area contributed by atoms with Crippen LogP contribution in [0.5, 0.6) is 0 Å². The number of allylic oxidation sites excluding steroid dienone is 3. The number of halogens is 1. The minimum absolute atomic E-state index is 0.0387. The molecule has 1 rings (SSSR count). The first-order valence-corrected chi connectivity index (χ1v) is 5.41. The van der Waals surface area contributed by atoms with Crippen molar-refractivity contribution in [3.8, 4) is 0 Å². The van der Waals surface area contributed by atoms with Crippen LogP contribution in [-0.2, 0) is 0 Å².